The van der Waals surface area contributed by atoms with Crippen molar-refractivity contribution in [3.63, 3.8) is 0 Å². The van der Waals surface area contributed by atoms with Crippen LogP contribution in [0, 0.1) is 5.82 Å². The summed E-state index contributed by atoms with van der Waals surface area (Å²) >= 11 is 0. The highest BCUT2D eigenvalue weighted by atomic mass is 19.1. The number of nitrogens with zero attached hydrogens (tertiary/aromatic N) is 3. The molecule has 2 amide bonds. The second-order valence-electron chi connectivity index (χ2n) is 6.86. The highest BCUT2D eigenvalue weighted by molar-refractivity contribution is 5.89. The summed E-state index contributed by atoms with van der Waals surface area (Å²) in [5, 5.41) is 2.78. The SMILES string of the molecule is CN1CCCC[C@@H]1CN1CCN(C(=O)Nc2cccc(F)c2)CC1. The van der Waals surface area contributed by atoms with E-state index in [9.17, 15) is 9.18 Å². The minimum absolute atomic E-state index is 0.143. The number of piperazine rings is 1. The topological polar surface area (TPSA) is 38.8 Å². The van der Waals surface area contributed by atoms with E-state index in [1.807, 2.05) is 4.90 Å². The maximum atomic E-state index is 13.2. The number of hydrogen-bond donors (Lipinski definition) is 1. The molecular weight excluding hydrogens is 307 g/mol. The van der Waals surface area contributed by atoms with E-state index < -0.39 is 0 Å². The van der Waals surface area contributed by atoms with Crippen LogP contribution in [0.1, 0.15) is 19.3 Å². The third-order valence-electron chi connectivity index (χ3n) is 5.13. The van der Waals surface area contributed by atoms with Gasteiger partial charge in [0.15, 0.2) is 0 Å². The lowest BCUT2D eigenvalue weighted by Gasteiger charge is -2.40. The van der Waals surface area contributed by atoms with E-state index >= 15 is 0 Å². The smallest absolute Gasteiger partial charge is 0.321 e. The molecule has 0 spiro atoms. The molecule has 0 radical (unpaired) electrons. The largest absolute Gasteiger partial charge is 0.322 e. The number of halogens is 1. The minimum Gasteiger partial charge on any atom is -0.322 e. The van der Waals surface area contributed by atoms with E-state index in [1.54, 1.807) is 12.1 Å². The molecule has 2 saturated heterocycles. The zero-order valence-electron chi connectivity index (χ0n) is 14.4. The van der Waals surface area contributed by atoms with E-state index in [-0.39, 0.29) is 11.8 Å². The average molecular weight is 334 g/mol. The van der Waals surface area contributed by atoms with E-state index in [0.717, 1.165) is 32.7 Å². The molecule has 2 fully saturated rings. The number of benzene rings is 1. The maximum absolute atomic E-state index is 13.2. The first-order valence-electron chi connectivity index (χ1n) is 8.86. The van der Waals surface area contributed by atoms with Crippen molar-refractivity contribution in [2.24, 2.45) is 0 Å². The molecule has 1 aromatic carbocycles. The Labute approximate surface area is 143 Å². The molecule has 2 aliphatic rings. The number of likely N-dealkylation sites (tertiary alicyclic amines) is 1. The molecule has 0 unspecified atom stereocenters. The molecule has 2 aliphatic heterocycles. The van der Waals surface area contributed by atoms with Crippen molar-refractivity contribution in [3.05, 3.63) is 30.1 Å². The van der Waals surface area contributed by atoms with E-state index in [4.69, 9.17) is 0 Å². The van der Waals surface area contributed by atoms with Crippen LogP contribution in [0.15, 0.2) is 24.3 Å². The van der Waals surface area contributed by atoms with Crippen LogP contribution in [0.5, 0.6) is 0 Å². The summed E-state index contributed by atoms with van der Waals surface area (Å²) in [5.41, 5.74) is 0.506. The summed E-state index contributed by atoms with van der Waals surface area (Å²) in [6, 6.07) is 6.52. The van der Waals surface area contributed by atoms with Crippen LogP contribution in [0.4, 0.5) is 14.9 Å². The molecule has 1 atom stereocenters. The van der Waals surface area contributed by atoms with Gasteiger partial charge in [-0.3, -0.25) is 4.90 Å². The summed E-state index contributed by atoms with van der Waals surface area (Å²) < 4.78 is 13.2. The van der Waals surface area contributed by atoms with Gasteiger partial charge in [-0.05, 0) is 44.6 Å². The van der Waals surface area contributed by atoms with Crippen molar-refractivity contribution in [2.45, 2.75) is 25.3 Å². The summed E-state index contributed by atoms with van der Waals surface area (Å²) in [6.45, 7) is 5.54. The molecule has 132 valence electrons. The Balaban J connectivity index is 1.45. The molecule has 5 nitrogen and oxygen atoms in total. The number of nitrogens with one attached hydrogen (secondary N) is 1. The Morgan fingerprint density at radius 1 is 1.21 bits per heavy atom. The fourth-order valence-electron chi connectivity index (χ4n) is 3.58. The van der Waals surface area contributed by atoms with Crippen LogP contribution >= 0.6 is 0 Å². The lowest BCUT2D eigenvalue weighted by Crippen LogP contribution is -2.53. The second kappa shape index (κ2) is 7.94. The van der Waals surface area contributed by atoms with Gasteiger partial charge in [-0.1, -0.05) is 12.5 Å². The highest BCUT2D eigenvalue weighted by Crippen LogP contribution is 2.17. The van der Waals surface area contributed by atoms with Gasteiger partial charge in [0, 0.05) is 44.5 Å². The molecule has 0 saturated carbocycles. The quantitative estimate of drug-likeness (QED) is 0.923. The first-order chi connectivity index (χ1) is 11.6. The first kappa shape index (κ1) is 17.2. The number of urea groups is 1. The van der Waals surface area contributed by atoms with Crippen LogP contribution in [0.3, 0.4) is 0 Å². The Bertz CT molecular complexity index is 560. The van der Waals surface area contributed by atoms with Gasteiger partial charge in [0.1, 0.15) is 5.82 Å². The Hall–Kier alpha value is -1.66. The van der Waals surface area contributed by atoms with Gasteiger partial charge in [0.2, 0.25) is 0 Å². The molecule has 0 aliphatic carbocycles. The molecule has 1 aromatic rings. The van der Waals surface area contributed by atoms with Crippen molar-refractivity contribution in [1.82, 2.24) is 14.7 Å². The van der Waals surface area contributed by atoms with Crippen LogP contribution < -0.4 is 5.32 Å². The van der Waals surface area contributed by atoms with Gasteiger partial charge in [0.25, 0.3) is 0 Å². The Morgan fingerprint density at radius 3 is 2.71 bits per heavy atom. The summed E-state index contributed by atoms with van der Waals surface area (Å²) in [7, 11) is 2.21. The molecular formula is C18H27FN4O. The summed E-state index contributed by atoms with van der Waals surface area (Å²) in [5.74, 6) is -0.339. The van der Waals surface area contributed by atoms with Gasteiger partial charge in [-0.25, -0.2) is 9.18 Å². The van der Waals surface area contributed by atoms with Crippen molar-refractivity contribution >= 4 is 11.7 Å². The maximum Gasteiger partial charge on any atom is 0.321 e. The average Bonchev–Trinajstić information content (AvgIpc) is 2.57. The second-order valence-corrected chi connectivity index (χ2v) is 6.86. The molecule has 0 aromatic heterocycles. The standard InChI is InChI=1S/C18H27FN4O/c1-21-8-3-2-7-17(21)14-22-9-11-23(12-10-22)18(24)20-16-6-4-5-15(19)13-16/h4-6,13,17H,2-3,7-12,14H2,1H3,(H,20,24)/t17-/m1/s1. The fourth-order valence-corrected chi connectivity index (χ4v) is 3.58. The third kappa shape index (κ3) is 4.45. The van der Waals surface area contributed by atoms with E-state index in [1.165, 1.54) is 37.9 Å². The van der Waals surface area contributed by atoms with E-state index in [2.05, 4.69) is 22.2 Å². The van der Waals surface area contributed by atoms with Crippen LogP contribution in [0.25, 0.3) is 0 Å². The van der Waals surface area contributed by atoms with Gasteiger partial charge >= 0.3 is 6.03 Å². The normalized spacial score (nSPS) is 23.2. The number of piperidine rings is 1. The molecule has 24 heavy (non-hydrogen) atoms. The number of likely N-dealkylation sites (N-methyl/N-ethyl adjacent to an activating group) is 1. The van der Waals surface area contributed by atoms with Crippen molar-refractivity contribution < 1.29 is 9.18 Å². The fraction of sp³-hybridized carbons (Fsp3) is 0.611. The highest BCUT2D eigenvalue weighted by Gasteiger charge is 2.25. The number of amides is 2. The van der Waals surface area contributed by atoms with Crippen LogP contribution in [0.2, 0.25) is 0 Å². The van der Waals surface area contributed by atoms with Gasteiger partial charge < -0.3 is 15.1 Å². The predicted octanol–water partition coefficient (Wildman–Crippen LogP) is 2.46. The van der Waals surface area contributed by atoms with Gasteiger partial charge in [0.05, 0.1) is 0 Å². The van der Waals surface area contributed by atoms with Crippen LogP contribution in [-0.2, 0) is 0 Å². The Kier molecular flexibility index (Phi) is 5.68. The van der Waals surface area contributed by atoms with Crippen molar-refractivity contribution in [3.8, 4) is 0 Å². The summed E-state index contributed by atoms with van der Waals surface area (Å²) in [6.07, 6.45) is 3.91. The number of carbonyl (C=O) groups excluding carboxylic acids is 1. The molecule has 2 heterocycles. The molecule has 6 heteroatoms. The van der Waals surface area contributed by atoms with Crippen molar-refractivity contribution in [2.75, 3.05) is 51.6 Å². The number of rotatable bonds is 3. The van der Waals surface area contributed by atoms with E-state index in [0.29, 0.717) is 11.7 Å². The lowest BCUT2D eigenvalue weighted by atomic mass is 10.0. The number of carbonyl (C=O) groups is 1. The number of hydrogen-bond acceptors (Lipinski definition) is 3. The van der Waals surface area contributed by atoms with Crippen molar-refractivity contribution in [1.29, 1.82) is 0 Å². The molecule has 1 N–H and O–H groups in total. The van der Waals surface area contributed by atoms with Crippen LogP contribution in [-0.4, -0.2) is 73.1 Å². The number of anilines is 1. The molecule has 0 bridgehead atoms. The third-order valence-corrected chi connectivity index (χ3v) is 5.13. The lowest BCUT2D eigenvalue weighted by molar-refractivity contribution is 0.0956. The Morgan fingerprint density at radius 2 is 2.00 bits per heavy atom. The van der Waals surface area contributed by atoms with Gasteiger partial charge in [-0.15, -0.1) is 0 Å². The molecule has 3 rings (SSSR count). The zero-order chi connectivity index (χ0) is 16.9. The first-order valence-corrected chi connectivity index (χ1v) is 8.86. The van der Waals surface area contributed by atoms with Gasteiger partial charge in [-0.2, -0.15) is 0 Å². The summed E-state index contributed by atoms with van der Waals surface area (Å²) in [4.78, 5) is 19.0. The zero-order valence-corrected chi connectivity index (χ0v) is 14.4. The predicted molar refractivity (Wildman–Crippen MR) is 93.7 cm³/mol. The monoisotopic (exact) mass is 334 g/mol. The minimum atomic E-state index is -0.339.